The van der Waals surface area contributed by atoms with Crippen LogP contribution in [0.2, 0.25) is 0 Å². The Balaban J connectivity index is 2.02. The molecule has 2 atom stereocenters. The van der Waals surface area contributed by atoms with Crippen LogP contribution in [0.1, 0.15) is 28.8 Å². The summed E-state index contributed by atoms with van der Waals surface area (Å²) in [6.45, 7) is 1.92. The van der Waals surface area contributed by atoms with E-state index in [0.717, 1.165) is 5.56 Å². The Morgan fingerprint density at radius 1 is 1.11 bits per heavy atom. The lowest BCUT2D eigenvalue weighted by atomic mass is 9.84. The van der Waals surface area contributed by atoms with Gasteiger partial charge in [-0.3, -0.25) is 14.9 Å². The zero-order chi connectivity index (χ0) is 19.4. The largest absolute Gasteiger partial charge is 0.464 e. The number of hydrogen-bond acceptors (Lipinski definition) is 6. The number of benzene rings is 2. The van der Waals surface area contributed by atoms with Crippen molar-refractivity contribution in [1.29, 1.82) is 0 Å². The van der Waals surface area contributed by atoms with E-state index < -0.39 is 28.6 Å². The van der Waals surface area contributed by atoms with Gasteiger partial charge in [0, 0.05) is 23.8 Å². The summed E-state index contributed by atoms with van der Waals surface area (Å²) in [7, 11) is 0. The number of Topliss-reactive ketones (excluding diaryl/α,β-unsaturated/α-hetero) is 1. The Hall–Kier alpha value is -3.48. The van der Waals surface area contributed by atoms with Crippen molar-refractivity contribution in [2.45, 2.75) is 18.9 Å². The molecule has 1 heterocycles. The molecule has 0 fully saturated rings. The van der Waals surface area contributed by atoms with Crippen molar-refractivity contribution in [1.82, 2.24) is 5.32 Å². The summed E-state index contributed by atoms with van der Waals surface area (Å²) in [5, 5.41) is 14.2. The molecular formula is C20H18N2O5. The van der Waals surface area contributed by atoms with Crippen molar-refractivity contribution in [2.75, 3.05) is 6.61 Å². The van der Waals surface area contributed by atoms with Crippen LogP contribution in [0.3, 0.4) is 0 Å². The van der Waals surface area contributed by atoms with E-state index in [9.17, 15) is 19.7 Å². The number of rotatable bonds is 6. The highest BCUT2D eigenvalue weighted by Crippen LogP contribution is 2.36. The molecule has 0 saturated carbocycles. The second-order valence-electron chi connectivity index (χ2n) is 5.99. The minimum Gasteiger partial charge on any atom is -0.464 e. The number of carbonyl (C=O) groups is 2. The first-order valence-corrected chi connectivity index (χ1v) is 8.50. The van der Waals surface area contributed by atoms with Crippen LogP contribution in [0.25, 0.3) is 0 Å². The first-order chi connectivity index (χ1) is 13.0. The van der Waals surface area contributed by atoms with Gasteiger partial charge in [0.2, 0.25) is 0 Å². The second-order valence-corrected chi connectivity index (χ2v) is 5.99. The van der Waals surface area contributed by atoms with Crippen molar-refractivity contribution in [3.05, 3.63) is 87.6 Å². The van der Waals surface area contributed by atoms with Gasteiger partial charge < -0.3 is 10.1 Å². The molecule has 0 spiro atoms. The maximum Gasteiger partial charge on any atom is 0.329 e. The van der Waals surface area contributed by atoms with Gasteiger partial charge in [-0.15, -0.1) is 0 Å². The van der Waals surface area contributed by atoms with Crippen LogP contribution in [0, 0.1) is 10.1 Å². The number of esters is 1. The monoisotopic (exact) mass is 366 g/mol. The highest BCUT2D eigenvalue weighted by atomic mass is 16.6. The van der Waals surface area contributed by atoms with E-state index in [1.165, 1.54) is 24.4 Å². The number of ether oxygens (including phenoxy) is 1. The fourth-order valence-corrected chi connectivity index (χ4v) is 3.20. The molecule has 2 unspecified atom stereocenters. The summed E-state index contributed by atoms with van der Waals surface area (Å²) in [4.78, 5) is 36.2. The number of para-hydroxylation sites is 1. The number of nitrogens with zero attached hydrogens (tertiary/aromatic N) is 1. The quantitative estimate of drug-likeness (QED) is 0.365. The molecule has 1 aliphatic heterocycles. The van der Waals surface area contributed by atoms with E-state index >= 15 is 0 Å². The molecule has 0 radical (unpaired) electrons. The molecule has 1 aliphatic rings. The minimum absolute atomic E-state index is 0.0130. The first-order valence-electron chi connectivity index (χ1n) is 8.50. The third-order valence-corrected chi connectivity index (χ3v) is 4.39. The van der Waals surface area contributed by atoms with Crippen LogP contribution >= 0.6 is 0 Å². The number of nitro groups is 1. The SMILES string of the molecule is CCOC(=O)C1NC=C(C(=O)c2ccccc2[N+](=O)[O-])C1c1ccccc1. The van der Waals surface area contributed by atoms with Crippen LogP contribution in [0.15, 0.2) is 66.4 Å². The minimum atomic E-state index is -0.769. The second kappa shape index (κ2) is 7.82. The highest BCUT2D eigenvalue weighted by Gasteiger charge is 2.41. The predicted molar refractivity (Wildman–Crippen MR) is 98.2 cm³/mol. The lowest BCUT2D eigenvalue weighted by Gasteiger charge is -2.21. The highest BCUT2D eigenvalue weighted by molar-refractivity contribution is 6.13. The van der Waals surface area contributed by atoms with Gasteiger partial charge in [0.25, 0.3) is 5.69 Å². The number of ketones is 1. The van der Waals surface area contributed by atoms with Gasteiger partial charge >= 0.3 is 5.97 Å². The van der Waals surface area contributed by atoms with Gasteiger partial charge in [-0.2, -0.15) is 0 Å². The van der Waals surface area contributed by atoms with E-state index in [4.69, 9.17) is 4.74 Å². The third kappa shape index (κ3) is 3.57. The zero-order valence-electron chi connectivity index (χ0n) is 14.6. The summed E-state index contributed by atoms with van der Waals surface area (Å²) in [6, 6.07) is 14.1. The standard InChI is InChI=1S/C20H18N2O5/c1-2-27-20(24)18-17(13-8-4-3-5-9-13)15(12-21-18)19(23)14-10-6-7-11-16(14)22(25)26/h3-12,17-18,21H,2H2,1H3. The molecule has 7 nitrogen and oxygen atoms in total. The van der Waals surface area contributed by atoms with Crippen LogP contribution in [-0.2, 0) is 9.53 Å². The van der Waals surface area contributed by atoms with Crippen molar-refractivity contribution in [3.8, 4) is 0 Å². The fourth-order valence-electron chi connectivity index (χ4n) is 3.20. The van der Waals surface area contributed by atoms with E-state index in [2.05, 4.69) is 5.32 Å². The van der Waals surface area contributed by atoms with Gasteiger partial charge in [0.1, 0.15) is 6.04 Å². The van der Waals surface area contributed by atoms with Crippen molar-refractivity contribution >= 4 is 17.4 Å². The van der Waals surface area contributed by atoms with Crippen molar-refractivity contribution in [2.24, 2.45) is 0 Å². The molecule has 2 aromatic carbocycles. The molecule has 3 rings (SSSR count). The average molecular weight is 366 g/mol. The zero-order valence-corrected chi connectivity index (χ0v) is 14.6. The molecule has 0 bridgehead atoms. The van der Waals surface area contributed by atoms with Crippen LogP contribution in [-0.4, -0.2) is 29.3 Å². The lowest BCUT2D eigenvalue weighted by Crippen LogP contribution is -2.37. The van der Waals surface area contributed by atoms with E-state index in [1.807, 2.05) is 30.3 Å². The Morgan fingerprint density at radius 3 is 2.44 bits per heavy atom. The molecule has 27 heavy (non-hydrogen) atoms. The Morgan fingerprint density at radius 2 is 1.78 bits per heavy atom. The van der Waals surface area contributed by atoms with Gasteiger partial charge in [-0.05, 0) is 18.6 Å². The van der Waals surface area contributed by atoms with Crippen molar-refractivity contribution in [3.63, 3.8) is 0 Å². The van der Waals surface area contributed by atoms with E-state index in [-0.39, 0.29) is 23.4 Å². The summed E-state index contributed by atoms with van der Waals surface area (Å²) in [5.74, 6) is -1.57. The molecule has 0 saturated heterocycles. The van der Waals surface area contributed by atoms with Gasteiger partial charge in [-0.1, -0.05) is 42.5 Å². The normalized spacial score (nSPS) is 18.3. The smallest absolute Gasteiger partial charge is 0.329 e. The first kappa shape index (κ1) is 18.3. The molecule has 1 N–H and O–H groups in total. The molecule has 0 aliphatic carbocycles. The number of nitro benzene ring substituents is 1. The van der Waals surface area contributed by atoms with Crippen LogP contribution in [0.5, 0.6) is 0 Å². The van der Waals surface area contributed by atoms with Crippen LogP contribution in [0.4, 0.5) is 5.69 Å². The summed E-state index contributed by atoms with van der Waals surface area (Å²) < 4.78 is 5.12. The van der Waals surface area contributed by atoms with Crippen molar-refractivity contribution < 1.29 is 19.2 Å². The maximum atomic E-state index is 13.1. The van der Waals surface area contributed by atoms with Gasteiger partial charge in [0.05, 0.1) is 17.1 Å². The van der Waals surface area contributed by atoms with Crippen LogP contribution < -0.4 is 5.32 Å². The number of nitrogens with one attached hydrogen (secondary N) is 1. The molecule has 2 aromatic rings. The Kier molecular flexibility index (Phi) is 5.30. The van der Waals surface area contributed by atoms with E-state index in [0.29, 0.717) is 0 Å². The summed E-state index contributed by atoms with van der Waals surface area (Å²) in [6.07, 6.45) is 1.46. The lowest BCUT2D eigenvalue weighted by molar-refractivity contribution is -0.385. The summed E-state index contributed by atoms with van der Waals surface area (Å²) in [5.41, 5.74) is 0.753. The molecule has 0 aromatic heterocycles. The number of carbonyl (C=O) groups excluding carboxylic acids is 2. The molecule has 7 heteroatoms. The average Bonchev–Trinajstić information content (AvgIpc) is 3.13. The molecule has 0 amide bonds. The number of hydrogen-bond donors (Lipinski definition) is 1. The maximum absolute atomic E-state index is 13.1. The Bertz CT molecular complexity index is 908. The predicted octanol–water partition coefficient (Wildman–Crippen LogP) is 2.98. The topological polar surface area (TPSA) is 98.5 Å². The molecule has 138 valence electrons. The van der Waals surface area contributed by atoms with E-state index in [1.54, 1.807) is 13.0 Å². The third-order valence-electron chi connectivity index (χ3n) is 4.39. The summed E-state index contributed by atoms with van der Waals surface area (Å²) >= 11 is 0. The van der Waals surface area contributed by atoms with Gasteiger partial charge in [-0.25, -0.2) is 4.79 Å². The van der Waals surface area contributed by atoms with Gasteiger partial charge in [0.15, 0.2) is 5.78 Å². The molecular weight excluding hydrogens is 348 g/mol. The fraction of sp³-hybridized carbons (Fsp3) is 0.200. The Labute approximate surface area is 155 Å².